The van der Waals surface area contributed by atoms with E-state index in [9.17, 15) is 9.90 Å². The van der Waals surface area contributed by atoms with Crippen LogP contribution in [0.15, 0.2) is 48.7 Å². The highest BCUT2D eigenvalue weighted by Crippen LogP contribution is 2.27. The van der Waals surface area contributed by atoms with E-state index in [1.54, 1.807) is 18.3 Å². The fourth-order valence-corrected chi connectivity index (χ4v) is 2.15. The average Bonchev–Trinajstić information content (AvgIpc) is 2.52. The van der Waals surface area contributed by atoms with Crippen LogP contribution in [0.5, 0.6) is 5.75 Å². The number of nitrogens with zero attached hydrogens (tertiary/aromatic N) is 1. The summed E-state index contributed by atoms with van der Waals surface area (Å²) in [6.45, 7) is 2.56. The maximum Gasteiger partial charge on any atom is 0.313 e. The highest BCUT2D eigenvalue weighted by atomic mass is 16.5. The first-order chi connectivity index (χ1) is 10.2. The number of carboxylic acid groups (broad SMARTS) is 1. The Bertz CT molecular complexity index is 584. The molecule has 0 fully saturated rings. The first-order valence-corrected chi connectivity index (χ1v) is 7.06. The average molecular weight is 285 g/mol. The minimum absolute atomic E-state index is 0.398. The molecule has 1 heterocycles. The number of ether oxygens (including phenoxy) is 1. The van der Waals surface area contributed by atoms with Crippen molar-refractivity contribution in [2.75, 3.05) is 6.61 Å². The molecule has 1 atom stereocenters. The van der Waals surface area contributed by atoms with Crippen LogP contribution in [-0.2, 0) is 11.2 Å². The zero-order valence-electron chi connectivity index (χ0n) is 12.0. The van der Waals surface area contributed by atoms with Crippen LogP contribution in [0.1, 0.15) is 30.5 Å². The Morgan fingerprint density at radius 1 is 1.24 bits per heavy atom. The molecule has 0 aliphatic carbocycles. The fraction of sp³-hybridized carbons (Fsp3) is 0.294. The van der Waals surface area contributed by atoms with Crippen LogP contribution < -0.4 is 4.74 Å². The number of pyridine rings is 1. The number of hydrogen-bond acceptors (Lipinski definition) is 3. The van der Waals surface area contributed by atoms with Gasteiger partial charge in [-0.1, -0.05) is 37.3 Å². The van der Waals surface area contributed by atoms with Crippen molar-refractivity contribution in [3.05, 3.63) is 59.9 Å². The molecule has 1 N–H and O–H groups in total. The third-order valence-corrected chi connectivity index (χ3v) is 3.17. The lowest BCUT2D eigenvalue weighted by atomic mass is 9.95. The number of carbonyl (C=O) groups is 1. The molecule has 2 aromatic rings. The zero-order valence-corrected chi connectivity index (χ0v) is 12.0. The third-order valence-electron chi connectivity index (χ3n) is 3.17. The summed E-state index contributed by atoms with van der Waals surface area (Å²) in [5, 5.41) is 9.54. The molecule has 0 aliphatic rings. The Hall–Kier alpha value is -2.36. The molecule has 0 bridgehead atoms. The number of carboxylic acids is 1. The zero-order chi connectivity index (χ0) is 15.1. The molecule has 1 unspecified atom stereocenters. The largest absolute Gasteiger partial charge is 0.492 e. The predicted octanol–water partition coefficient (Wildman–Crippen LogP) is 3.28. The van der Waals surface area contributed by atoms with Crippen molar-refractivity contribution < 1.29 is 14.6 Å². The Kier molecular flexibility index (Phi) is 5.32. The van der Waals surface area contributed by atoms with Gasteiger partial charge in [0.2, 0.25) is 0 Å². The molecule has 0 radical (unpaired) electrons. The molecule has 2 rings (SSSR count). The maximum absolute atomic E-state index is 11.6. The Morgan fingerprint density at radius 2 is 2.00 bits per heavy atom. The molecular weight excluding hydrogens is 266 g/mol. The fourth-order valence-electron chi connectivity index (χ4n) is 2.15. The van der Waals surface area contributed by atoms with Crippen molar-refractivity contribution in [2.45, 2.75) is 25.7 Å². The molecule has 21 heavy (non-hydrogen) atoms. The second-order valence-corrected chi connectivity index (χ2v) is 4.82. The van der Waals surface area contributed by atoms with E-state index in [4.69, 9.17) is 4.74 Å². The van der Waals surface area contributed by atoms with Crippen LogP contribution in [-0.4, -0.2) is 22.7 Å². The minimum Gasteiger partial charge on any atom is -0.492 e. The molecule has 1 aromatic heterocycles. The summed E-state index contributed by atoms with van der Waals surface area (Å²) in [6.07, 6.45) is 2.87. The van der Waals surface area contributed by atoms with Crippen molar-refractivity contribution in [1.82, 2.24) is 4.98 Å². The van der Waals surface area contributed by atoms with Gasteiger partial charge in [0.05, 0.1) is 12.3 Å². The molecule has 0 saturated heterocycles. The number of aliphatic carboxylic acids is 1. The van der Waals surface area contributed by atoms with Crippen molar-refractivity contribution in [2.24, 2.45) is 0 Å². The van der Waals surface area contributed by atoms with Crippen molar-refractivity contribution in [3.63, 3.8) is 0 Å². The normalized spacial score (nSPS) is 11.9. The molecule has 4 heteroatoms. The Morgan fingerprint density at radius 3 is 2.67 bits per heavy atom. The van der Waals surface area contributed by atoms with E-state index in [0.717, 1.165) is 12.0 Å². The highest BCUT2D eigenvalue weighted by Gasteiger charge is 2.25. The van der Waals surface area contributed by atoms with Gasteiger partial charge < -0.3 is 9.84 Å². The van der Waals surface area contributed by atoms with Gasteiger partial charge in [0.1, 0.15) is 11.7 Å². The van der Waals surface area contributed by atoms with Crippen molar-refractivity contribution in [3.8, 4) is 5.75 Å². The maximum atomic E-state index is 11.6. The van der Waals surface area contributed by atoms with E-state index in [-0.39, 0.29) is 0 Å². The number of aromatic nitrogens is 1. The summed E-state index contributed by atoms with van der Waals surface area (Å²) in [6, 6.07) is 13.1. The number of hydrogen-bond donors (Lipinski definition) is 1. The second-order valence-electron chi connectivity index (χ2n) is 4.82. The highest BCUT2D eigenvalue weighted by molar-refractivity contribution is 5.76. The predicted molar refractivity (Wildman–Crippen MR) is 80.5 cm³/mol. The standard InChI is InChI=1S/C17H19NO3/c1-2-11-21-15-9-6-10-18-16(15)14(17(19)20)12-13-7-4-3-5-8-13/h3-10,14H,2,11-12H2,1H3,(H,19,20). The molecule has 110 valence electrons. The van der Waals surface area contributed by atoms with Crippen LogP contribution in [0.3, 0.4) is 0 Å². The van der Waals surface area contributed by atoms with Gasteiger partial charge in [0, 0.05) is 6.20 Å². The summed E-state index contributed by atoms with van der Waals surface area (Å²) in [5.74, 6) is -1.04. The van der Waals surface area contributed by atoms with E-state index in [1.807, 2.05) is 37.3 Å². The van der Waals surface area contributed by atoms with E-state index >= 15 is 0 Å². The van der Waals surface area contributed by atoms with Crippen LogP contribution in [0.25, 0.3) is 0 Å². The lowest BCUT2D eigenvalue weighted by Crippen LogP contribution is -2.17. The van der Waals surface area contributed by atoms with Crippen LogP contribution in [0.2, 0.25) is 0 Å². The number of rotatable bonds is 7. The number of benzene rings is 1. The van der Waals surface area contributed by atoms with Crippen LogP contribution in [0, 0.1) is 0 Å². The van der Waals surface area contributed by atoms with E-state index in [2.05, 4.69) is 4.98 Å². The van der Waals surface area contributed by atoms with Crippen molar-refractivity contribution >= 4 is 5.97 Å². The quantitative estimate of drug-likeness (QED) is 0.848. The van der Waals surface area contributed by atoms with E-state index < -0.39 is 11.9 Å². The van der Waals surface area contributed by atoms with Gasteiger partial charge in [-0.25, -0.2) is 0 Å². The lowest BCUT2D eigenvalue weighted by Gasteiger charge is -2.16. The van der Waals surface area contributed by atoms with Crippen molar-refractivity contribution in [1.29, 1.82) is 0 Å². The molecule has 0 aliphatic heterocycles. The summed E-state index contributed by atoms with van der Waals surface area (Å²) in [4.78, 5) is 15.9. The third kappa shape index (κ3) is 4.05. The summed E-state index contributed by atoms with van der Waals surface area (Å²) in [5.41, 5.74) is 1.46. The molecule has 0 amide bonds. The van der Waals surface area contributed by atoms with Crippen LogP contribution in [0.4, 0.5) is 0 Å². The molecule has 4 nitrogen and oxygen atoms in total. The summed E-state index contributed by atoms with van der Waals surface area (Å²) in [7, 11) is 0. The molecule has 0 saturated carbocycles. The summed E-state index contributed by atoms with van der Waals surface area (Å²) < 4.78 is 5.63. The van der Waals surface area contributed by atoms with Gasteiger partial charge >= 0.3 is 5.97 Å². The lowest BCUT2D eigenvalue weighted by molar-refractivity contribution is -0.138. The Balaban J connectivity index is 2.28. The molecule has 1 aromatic carbocycles. The first kappa shape index (κ1) is 15.0. The van der Waals surface area contributed by atoms with Gasteiger partial charge in [-0.2, -0.15) is 0 Å². The SMILES string of the molecule is CCCOc1cccnc1C(Cc1ccccc1)C(=O)O. The van der Waals surface area contributed by atoms with Gasteiger partial charge in [0.25, 0.3) is 0 Å². The van der Waals surface area contributed by atoms with Gasteiger partial charge in [0.15, 0.2) is 0 Å². The van der Waals surface area contributed by atoms with E-state index in [1.165, 1.54) is 0 Å². The monoisotopic (exact) mass is 285 g/mol. The first-order valence-electron chi connectivity index (χ1n) is 7.06. The van der Waals surface area contributed by atoms with Gasteiger partial charge in [-0.05, 0) is 30.5 Å². The topological polar surface area (TPSA) is 59.4 Å². The molecule has 0 spiro atoms. The van der Waals surface area contributed by atoms with Gasteiger partial charge in [-0.15, -0.1) is 0 Å². The minimum atomic E-state index is -0.890. The molecular formula is C17H19NO3. The van der Waals surface area contributed by atoms with Crippen LogP contribution >= 0.6 is 0 Å². The smallest absolute Gasteiger partial charge is 0.313 e. The Labute approximate surface area is 124 Å². The van der Waals surface area contributed by atoms with Gasteiger partial charge in [-0.3, -0.25) is 9.78 Å². The second kappa shape index (κ2) is 7.43. The van der Waals surface area contributed by atoms with E-state index in [0.29, 0.717) is 24.5 Å². The summed E-state index contributed by atoms with van der Waals surface area (Å²) >= 11 is 0.